The van der Waals surface area contributed by atoms with Gasteiger partial charge in [0.2, 0.25) is 0 Å². The summed E-state index contributed by atoms with van der Waals surface area (Å²) in [5.74, 6) is 0. The Morgan fingerprint density at radius 1 is 0.950 bits per heavy atom. The van der Waals surface area contributed by atoms with Gasteiger partial charge in [-0.15, -0.1) is 0 Å². The number of halogens is 3. The fraction of sp³-hybridized carbons (Fsp3) is 0.250. The molecule has 106 valence electrons. The molecule has 0 bridgehead atoms. The first-order valence-electron chi connectivity index (χ1n) is 6.38. The lowest BCUT2D eigenvalue weighted by Crippen LogP contribution is -2.17. The van der Waals surface area contributed by atoms with Gasteiger partial charge in [0.25, 0.3) is 0 Å². The largest absolute Gasteiger partial charge is 0.416 e. The van der Waals surface area contributed by atoms with Crippen molar-refractivity contribution in [2.75, 3.05) is 0 Å². The van der Waals surface area contributed by atoms with Gasteiger partial charge in [-0.05, 0) is 24.1 Å². The lowest BCUT2D eigenvalue weighted by Gasteiger charge is -2.13. The zero-order valence-electron chi connectivity index (χ0n) is 11.2. The summed E-state index contributed by atoms with van der Waals surface area (Å²) in [6, 6.07) is 13.6. The normalized spacial score (nSPS) is 11.6. The molecular weight excluding hydrogens is 263 g/mol. The summed E-state index contributed by atoms with van der Waals surface area (Å²) < 4.78 is 38.5. The van der Waals surface area contributed by atoms with Gasteiger partial charge in [0.05, 0.1) is 5.56 Å². The highest BCUT2D eigenvalue weighted by Gasteiger charge is 2.32. The Labute approximate surface area is 116 Å². The number of aryl methyl sites for hydroxylation is 1. The van der Waals surface area contributed by atoms with Gasteiger partial charge in [-0.1, -0.05) is 48.0 Å². The second-order valence-corrected chi connectivity index (χ2v) is 4.75. The van der Waals surface area contributed by atoms with Gasteiger partial charge in [0.1, 0.15) is 0 Å². The van der Waals surface area contributed by atoms with Crippen LogP contribution in [0.2, 0.25) is 0 Å². The Morgan fingerprint density at radius 3 is 2.40 bits per heavy atom. The Bertz CT molecular complexity index is 576. The first-order chi connectivity index (χ1) is 9.47. The summed E-state index contributed by atoms with van der Waals surface area (Å²) in [5.41, 5.74) is 1.90. The molecular formula is C16H16F3N. The molecule has 0 amide bonds. The van der Waals surface area contributed by atoms with Crippen LogP contribution in [-0.4, -0.2) is 0 Å². The maximum atomic E-state index is 12.8. The smallest absolute Gasteiger partial charge is 0.309 e. The van der Waals surface area contributed by atoms with E-state index in [9.17, 15) is 13.2 Å². The molecule has 0 aliphatic rings. The number of alkyl halides is 3. The third-order valence-electron chi connectivity index (χ3n) is 3.05. The van der Waals surface area contributed by atoms with Crippen molar-refractivity contribution < 1.29 is 13.2 Å². The summed E-state index contributed by atoms with van der Waals surface area (Å²) >= 11 is 0. The molecule has 20 heavy (non-hydrogen) atoms. The molecule has 2 rings (SSSR count). The first kappa shape index (κ1) is 14.6. The van der Waals surface area contributed by atoms with Crippen LogP contribution in [0.4, 0.5) is 13.2 Å². The van der Waals surface area contributed by atoms with Gasteiger partial charge >= 0.3 is 6.18 Å². The minimum Gasteiger partial charge on any atom is -0.309 e. The molecule has 2 aromatic rings. The van der Waals surface area contributed by atoms with Crippen LogP contribution in [0.15, 0.2) is 48.5 Å². The molecule has 0 aliphatic carbocycles. The van der Waals surface area contributed by atoms with Crippen LogP contribution in [0.1, 0.15) is 22.3 Å². The van der Waals surface area contributed by atoms with E-state index >= 15 is 0 Å². The Hall–Kier alpha value is -1.81. The third-order valence-corrected chi connectivity index (χ3v) is 3.05. The van der Waals surface area contributed by atoms with Crippen molar-refractivity contribution in [3.8, 4) is 0 Å². The SMILES string of the molecule is Cc1cccc(CNCc2ccccc2C(F)(F)F)c1. The third kappa shape index (κ3) is 3.84. The molecule has 0 atom stereocenters. The second-order valence-electron chi connectivity index (χ2n) is 4.75. The average molecular weight is 279 g/mol. The van der Waals surface area contributed by atoms with E-state index in [1.54, 1.807) is 6.07 Å². The summed E-state index contributed by atoms with van der Waals surface area (Å²) in [4.78, 5) is 0. The van der Waals surface area contributed by atoms with Crippen molar-refractivity contribution in [2.45, 2.75) is 26.2 Å². The molecule has 0 aromatic heterocycles. The Morgan fingerprint density at radius 2 is 1.70 bits per heavy atom. The summed E-state index contributed by atoms with van der Waals surface area (Å²) in [5, 5.41) is 3.06. The van der Waals surface area contributed by atoms with Gasteiger partial charge in [0.15, 0.2) is 0 Å². The molecule has 0 fully saturated rings. The Balaban J connectivity index is 2.01. The molecule has 0 heterocycles. The Kier molecular flexibility index (Phi) is 4.45. The molecule has 1 nitrogen and oxygen atoms in total. The van der Waals surface area contributed by atoms with Crippen LogP contribution in [0, 0.1) is 6.92 Å². The quantitative estimate of drug-likeness (QED) is 0.879. The van der Waals surface area contributed by atoms with Crippen LogP contribution >= 0.6 is 0 Å². The first-order valence-corrected chi connectivity index (χ1v) is 6.38. The lowest BCUT2D eigenvalue weighted by molar-refractivity contribution is -0.138. The highest BCUT2D eigenvalue weighted by Crippen LogP contribution is 2.31. The van der Waals surface area contributed by atoms with Crippen LogP contribution in [0.5, 0.6) is 0 Å². The van der Waals surface area contributed by atoms with Gasteiger partial charge in [-0.25, -0.2) is 0 Å². The minimum absolute atomic E-state index is 0.198. The number of hydrogen-bond acceptors (Lipinski definition) is 1. The highest BCUT2D eigenvalue weighted by atomic mass is 19.4. The van der Waals surface area contributed by atoms with E-state index in [0.29, 0.717) is 6.54 Å². The van der Waals surface area contributed by atoms with E-state index in [2.05, 4.69) is 5.32 Å². The van der Waals surface area contributed by atoms with Crippen LogP contribution in [0.3, 0.4) is 0 Å². The lowest BCUT2D eigenvalue weighted by atomic mass is 10.1. The van der Waals surface area contributed by atoms with Crippen molar-refractivity contribution in [2.24, 2.45) is 0 Å². The maximum Gasteiger partial charge on any atom is 0.416 e. The molecule has 2 aromatic carbocycles. The number of benzene rings is 2. The zero-order chi connectivity index (χ0) is 14.6. The highest BCUT2D eigenvalue weighted by molar-refractivity contribution is 5.29. The molecule has 0 unspecified atom stereocenters. The number of nitrogens with one attached hydrogen (secondary N) is 1. The predicted octanol–water partition coefficient (Wildman–Crippen LogP) is 4.30. The van der Waals surface area contributed by atoms with Gasteiger partial charge in [0, 0.05) is 13.1 Å². The molecule has 4 heteroatoms. The fourth-order valence-electron chi connectivity index (χ4n) is 2.11. The number of rotatable bonds is 4. The minimum atomic E-state index is -4.30. The van der Waals surface area contributed by atoms with Crippen molar-refractivity contribution in [3.63, 3.8) is 0 Å². The summed E-state index contributed by atoms with van der Waals surface area (Å²) in [6.45, 7) is 2.74. The monoisotopic (exact) mass is 279 g/mol. The van der Waals surface area contributed by atoms with Crippen molar-refractivity contribution in [1.82, 2.24) is 5.32 Å². The van der Waals surface area contributed by atoms with Crippen molar-refractivity contribution >= 4 is 0 Å². The topological polar surface area (TPSA) is 12.0 Å². The molecule has 0 saturated carbocycles. The summed E-state index contributed by atoms with van der Waals surface area (Å²) in [7, 11) is 0. The fourth-order valence-corrected chi connectivity index (χ4v) is 2.11. The molecule has 0 aliphatic heterocycles. The van der Waals surface area contributed by atoms with Gasteiger partial charge in [-0.2, -0.15) is 13.2 Å². The zero-order valence-corrected chi connectivity index (χ0v) is 11.2. The van der Waals surface area contributed by atoms with Crippen molar-refractivity contribution in [3.05, 3.63) is 70.8 Å². The van der Waals surface area contributed by atoms with E-state index in [1.807, 2.05) is 31.2 Å². The van der Waals surface area contributed by atoms with Crippen LogP contribution in [-0.2, 0) is 19.3 Å². The van der Waals surface area contributed by atoms with E-state index < -0.39 is 11.7 Å². The van der Waals surface area contributed by atoms with Gasteiger partial charge in [-0.3, -0.25) is 0 Å². The van der Waals surface area contributed by atoms with Gasteiger partial charge < -0.3 is 5.32 Å². The van der Waals surface area contributed by atoms with Crippen LogP contribution < -0.4 is 5.32 Å². The van der Waals surface area contributed by atoms with E-state index in [1.165, 1.54) is 12.1 Å². The molecule has 0 saturated heterocycles. The number of hydrogen-bond donors (Lipinski definition) is 1. The van der Waals surface area contributed by atoms with Crippen molar-refractivity contribution in [1.29, 1.82) is 0 Å². The van der Waals surface area contributed by atoms with E-state index in [-0.39, 0.29) is 12.1 Å². The van der Waals surface area contributed by atoms with E-state index in [0.717, 1.165) is 17.2 Å². The summed E-state index contributed by atoms with van der Waals surface area (Å²) in [6.07, 6.45) is -4.30. The van der Waals surface area contributed by atoms with E-state index in [4.69, 9.17) is 0 Å². The standard InChI is InChI=1S/C16H16F3N/c1-12-5-4-6-13(9-12)10-20-11-14-7-2-3-8-15(14)16(17,18)19/h2-9,20H,10-11H2,1H3. The predicted molar refractivity (Wildman–Crippen MR) is 73.2 cm³/mol. The molecule has 1 N–H and O–H groups in total. The molecule has 0 spiro atoms. The average Bonchev–Trinajstić information content (AvgIpc) is 2.38. The maximum absolute atomic E-state index is 12.8. The second kappa shape index (κ2) is 6.09. The molecule has 0 radical (unpaired) electrons. The van der Waals surface area contributed by atoms with Crippen LogP contribution in [0.25, 0.3) is 0 Å².